The molecule has 5 heteroatoms. The first-order valence-corrected chi connectivity index (χ1v) is 5.17. The van der Waals surface area contributed by atoms with Gasteiger partial charge >= 0.3 is 0 Å². The summed E-state index contributed by atoms with van der Waals surface area (Å²) in [5, 5.41) is 0. The number of hydrogen-bond acceptors (Lipinski definition) is 5. The van der Waals surface area contributed by atoms with Crippen LogP contribution in [0, 0.1) is 0 Å². The van der Waals surface area contributed by atoms with Crippen LogP contribution >= 0.6 is 0 Å². The van der Waals surface area contributed by atoms with E-state index >= 15 is 0 Å². The number of benzene rings is 1. The predicted octanol–water partition coefficient (Wildman–Crippen LogP) is 1.84. The van der Waals surface area contributed by atoms with E-state index in [-0.39, 0.29) is 0 Å². The molecule has 1 heterocycles. The third-order valence-corrected chi connectivity index (χ3v) is 2.47. The Morgan fingerprint density at radius 3 is 2.59 bits per heavy atom. The fourth-order valence-corrected chi connectivity index (χ4v) is 1.62. The number of ether oxygens (including phenoxy) is 1. The highest BCUT2D eigenvalue weighted by Gasteiger charge is 2.13. The lowest BCUT2D eigenvalue weighted by Crippen LogP contribution is -2.14. The normalized spacial score (nSPS) is 10.0. The monoisotopic (exact) mass is 230 g/mol. The van der Waals surface area contributed by atoms with Crippen molar-refractivity contribution >= 4 is 17.3 Å². The van der Waals surface area contributed by atoms with E-state index in [0.29, 0.717) is 11.6 Å². The summed E-state index contributed by atoms with van der Waals surface area (Å²) in [5.41, 5.74) is 6.69. The first kappa shape index (κ1) is 11.2. The lowest BCUT2D eigenvalue weighted by molar-refractivity contribution is 0.415. The molecule has 2 N–H and O–H groups in total. The lowest BCUT2D eigenvalue weighted by atomic mass is 10.2. The van der Waals surface area contributed by atoms with E-state index in [4.69, 9.17) is 10.5 Å². The summed E-state index contributed by atoms with van der Waals surface area (Å²) in [5.74, 6) is 1.76. The number of rotatable bonds is 3. The maximum Gasteiger partial charge on any atom is 0.175 e. The van der Waals surface area contributed by atoms with E-state index in [9.17, 15) is 0 Å². The summed E-state index contributed by atoms with van der Waals surface area (Å²) in [6.45, 7) is 0. The van der Waals surface area contributed by atoms with Crippen LogP contribution in [-0.2, 0) is 0 Å². The molecule has 2 aromatic rings. The van der Waals surface area contributed by atoms with Crippen LogP contribution in [0.4, 0.5) is 17.3 Å². The van der Waals surface area contributed by atoms with Gasteiger partial charge in [0.1, 0.15) is 5.75 Å². The quantitative estimate of drug-likeness (QED) is 0.871. The molecule has 0 aliphatic heterocycles. The van der Waals surface area contributed by atoms with Crippen LogP contribution in [0.5, 0.6) is 5.75 Å². The van der Waals surface area contributed by atoms with Crippen molar-refractivity contribution in [2.24, 2.45) is 0 Å². The zero-order valence-corrected chi connectivity index (χ0v) is 9.79. The summed E-state index contributed by atoms with van der Waals surface area (Å²) in [4.78, 5) is 10.1. The third kappa shape index (κ3) is 2.13. The Hall–Kier alpha value is -2.30. The van der Waals surface area contributed by atoms with Crippen LogP contribution in [-0.4, -0.2) is 24.1 Å². The minimum atomic E-state index is 0.390. The van der Waals surface area contributed by atoms with E-state index in [1.54, 1.807) is 19.5 Å². The van der Waals surface area contributed by atoms with Gasteiger partial charge in [0.15, 0.2) is 11.6 Å². The predicted molar refractivity (Wildman–Crippen MR) is 67.5 cm³/mol. The van der Waals surface area contributed by atoms with E-state index in [1.165, 1.54) is 0 Å². The van der Waals surface area contributed by atoms with Gasteiger partial charge in [-0.3, -0.25) is 0 Å². The first-order chi connectivity index (χ1) is 8.24. The highest BCUT2D eigenvalue weighted by molar-refractivity contribution is 5.71. The van der Waals surface area contributed by atoms with Gasteiger partial charge < -0.3 is 15.4 Å². The zero-order chi connectivity index (χ0) is 12.3. The highest BCUT2D eigenvalue weighted by atomic mass is 16.5. The molecule has 2 rings (SSSR count). The molecule has 1 aromatic heterocycles. The molecule has 0 fully saturated rings. The van der Waals surface area contributed by atoms with Crippen LogP contribution in [0.25, 0.3) is 0 Å². The molecule has 0 saturated carbocycles. The Morgan fingerprint density at radius 2 is 1.88 bits per heavy atom. The lowest BCUT2D eigenvalue weighted by Gasteiger charge is -2.21. The maximum atomic E-state index is 5.79. The Kier molecular flexibility index (Phi) is 3.09. The zero-order valence-electron chi connectivity index (χ0n) is 9.79. The second kappa shape index (κ2) is 4.69. The van der Waals surface area contributed by atoms with Crippen molar-refractivity contribution in [2.45, 2.75) is 0 Å². The number of aromatic nitrogens is 2. The van der Waals surface area contributed by atoms with Crippen LogP contribution in [0.1, 0.15) is 0 Å². The first-order valence-electron chi connectivity index (χ1n) is 5.17. The number of para-hydroxylation sites is 2. The number of nitrogen functional groups attached to an aromatic ring is 1. The van der Waals surface area contributed by atoms with Crippen LogP contribution < -0.4 is 15.4 Å². The topological polar surface area (TPSA) is 64.3 Å². The van der Waals surface area contributed by atoms with Gasteiger partial charge in [-0.25, -0.2) is 9.97 Å². The molecule has 0 aliphatic carbocycles. The van der Waals surface area contributed by atoms with Crippen molar-refractivity contribution in [3.05, 3.63) is 36.7 Å². The molecule has 0 amide bonds. The van der Waals surface area contributed by atoms with Crippen molar-refractivity contribution in [2.75, 3.05) is 24.8 Å². The Balaban J connectivity index is 2.44. The molecule has 0 spiro atoms. The van der Waals surface area contributed by atoms with Crippen molar-refractivity contribution in [3.8, 4) is 5.75 Å². The van der Waals surface area contributed by atoms with Crippen molar-refractivity contribution < 1.29 is 4.74 Å². The Morgan fingerprint density at radius 1 is 1.18 bits per heavy atom. The average molecular weight is 230 g/mol. The molecule has 0 radical (unpaired) electrons. The molecule has 0 saturated heterocycles. The second-order valence-electron chi connectivity index (χ2n) is 3.50. The number of anilines is 3. The van der Waals surface area contributed by atoms with Gasteiger partial charge in [-0.15, -0.1) is 0 Å². The number of nitrogens with zero attached hydrogens (tertiary/aromatic N) is 3. The standard InChI is InChI=1S/C12H14N4O/c1-16(12-11(13)14-7-8-15-12)9-5-3-4-6-10(9)17-2/h3-8H,1-2H3,(H2,13,14). The molecule has 88 valence electrons. The van der Waals surface area contributed by atoms with Crippen molar-refractivity contribution in [1.82, 2.24) is 9.97 Å². The molecule has 5 nitrogen and oxygen atoms in total. The SMILES string of the molecule is COc1ccccc1N(C)c1nccnc1N. The van der Waals surface area contributed by atoms with Crippen molar-refractivity contribution in [1.29, 1.82) is 0 Å². The molecule has 0 aliphatic rings. The fourth-order valence-electron chi connectivity index (χ4n) is 1.62. The van der Waals surface area contributed by atoms with Crippen LogP contribution in [0.2, 0.25) is 0 Å². The van der Waals surface area contributed by atoms with Crippen LogP contribution in [0.15, 0.2) is 36.7 Å². The second-order valence-corrected chi connectivity index (χ2v) is 3.50. The number of hydrogen-bond donors (Lipinski definition) is 1. The maximum absolute atomic E-state index is 5.79. The summed E-state index contributed by atoms with van der Waals surface area (Å²) in [7, 11) is 3.50. The molecular formula is C12H14N4O. The molecule has 17 heavy (non-hydrogen) atoms. The van der Waals surface area contributed by atoms with Gasteiger partial charge in [-0.2, -0.15) is 0 Å². The van der Waals surface area contributed by atoms with Gasteiger partial charge in [0.05, 0.1) is 12.8 Å². The minimum Gasteiger partial charge on any atom is -0.495 e. The number of methoxy groups -OCH3 is 1. The molecule has 0 unspecified atom stereocenters. The Labute approximate surface area is 99.9 Å². The van der Waals surface area contributed by atoms with Gasteiger partial charge in [0, 0.05) is 19.4 Å². The third-order valence-electron chi connectivity index (χ3n) is 2.47. The molecular weight excluding hydrogens is 216 g/mol. The van der Waals surface area contributed by atoms with E-state index in [0.717, 1.165) is 11.4 Å². The molecule has 0 bridgehead atoms. The summed E-state index contributed by atoms with van der Waals surface area (Å²) in [6.07, 6.45) is 3.17. The van der Waals surface area contributed by atoms with Gasteiger partial charge in [0.2, 0.25) is 0 Å². The molecule has 0 atom stereocenters. The minimum absolute atomic E-state index is 0.390. The molecule has 1 aromatic carbocycles. The Bertz CT molecular complexity index is 515. The smallest absolute Gasteiger partial charge is 0.175 e. The van der Waals surface area contributed by atoms with Gasteiger partial charge in [0.25, 0.3) is 0 Å². The largest absolute Gasteiger partial charge is 0.495 e. The van der Waals surface area contributed by atoms with Gasteiger partial charge in [-0.05, 0) is 12.1 Å². The van der Waals surface area contributed by atoms with Crippen LogP contribution in [0.3, 0.4) is 0 Å². The fraction of sp³-hybridized carbons (Fsp3) is 0.167. The summed E-state index contributed by atoms with van der Waals surface area (Å²) < 4.78 is 5.30. The average Bonchev–Trinajstić information content (AvgIpc) is 2.38. The number of nitrogens with two attached hydrogens (primary N) is 1. The summed E-state index contributed by atoms with van der Waals surface area (Å²) in [6, 6.07) is 7.67. The van der Waals surface area contributed by atoms with E-state index in [1.807, 2.05) is 36.2 Å². The van der Waals surface area contributed by atoms with E-state index in [2.05, 4.69) is 9.97 Å². The van der Waals surface area contributed by atoms with Gasteiger partial charge in [-0.1, -0.05) is 12.1 Å². The highest BCUT2D eigenvalue weighted by Crippen LogP contribution is 2.32. The summed E-state index contributed by atoms with van der Waals surface area (Å²) >= 11 is 0. The van der Waals surface area contributed by atoms with E-state index < -0.39 is 0 Å². The van der Waals surface area contributed by atoms with Crippen molar-refractivity contribution in [3.63, 3.8) is 0 Å².